The van der Waals surface area contributed by atoms with Crippen molar-refractivity contribution in [3.63, 3.8) is 0 Å². The number of sulfonamides is 1. The second kappa shape index (κ2) is 11.9. The molecule has 0 amide bonds. The molecule has 0 aliphatic carbocycles. The maximum atomic E-state index is 12.6. The van der Waals surface area contributed by atoms with Crippen molar-refractivity contribution in [1.82, 2.24) is 14.9 Å². The molecule has 1 saturated heterocycles. The Morgan fingerprint density at radius 1 is 1.10 bits per heavy atom. The summed E-state index contributed by atoms with van der Waals surface area (Å²) >= 11 is 0. The zero-order chi connectivity index (χ0) is 20.6. The molecule has 6 nitrogen and oxygen atoms in total. The van der Waals surface area contributed by atoms with Crippen LogP contribution in [0.25, 0.3) is 0 Å². The molecule has 2 rings (SSSR count). The highest BCUT2D eigenvalue weighted by atomic mass is 127. The molecule has 1 aliphatic rings. The van der Waals surface area contributed by atoms with Crippen LogP contribution in [0.5, 0.6) is 0 Å². The molecule has 166 valence electrons. The van der Waals surface area contributed by atoms with Gasteiger partial charge in [-0.05, 0) is 37.5 Å². The number of rotatable bonds is 7. The fraction of sp³-hybridized carbons (Fsp3) is 0.611. The third kappa shape index (κ3) is 8.67. The molecule has 1 heterocycles. The van der Waals surface area contributed by atoms with Crippen LogP contribution in [0.1, 0.15) is 38.2 Å². The molecule has 0 radical (unpaired) electrons. The number of piperidine rings is 1. The number of nitrogens with zero attached hydrogens (tertiary/aromatic N) is 2. The number of guanidine groups is 1. The monoisotopic (exact) mass is 548 g/mol. The van der Waals surface area contributed by atoms with Crippen molar-refractivity contribution in [2.45, 2.75) is 50.2 Å². The quantitative estimate of drug-likeness (QED) is 0.311. The van der Waals surface area contributed by atoms with Gasteiger partial charge >= 0.3 is 6.18 Å². The van der Waals surface area contributed by atoms with Crippen molar-refractivity contribution in [3.05, 3.63) is 29.8 Å². The third-order valence-electron chi connectivity index (χ3n) is 4.34. The number of aliphatic imine (C=N–C) groups is 1. The maximum Gasteiger partial charge on any atom is 0.390 e. The first-order valence-corrected chi connectivity index (χ1v) is 10.8. The van der Waals surface area contributed by atoms with Crippen LogP contribution in [-0.2, 0) is 16.6 Å². The molecule has 2 N–H and O–H groups in total. The molecule has 0 aromatic heterocycles. The third-order valence-corrected chi connectivity index (χ3v) is 6.25. The second-order valence-corrected chi connectivity index (χ2v) is 8.53. The summed E-state index contributed by atoms with van der Waals surface area (Å²) in [6, 6.07) is 6.47. The minimum Gasteiger partial charge on any atom is -0.357 e. The minimum absolute atomic E-state index is 0. The van der Waals surface area contributed by atoms with Crippen molar-refractivity contribution >= 4 is 40.0 Å². The van der Waals surface area contributed by atoms with E-state index in [1.165, 1.54) is 4.31 Å². The molecule has 1 fully saturated rings. The molecule has 1 aromatic carbocycles. The molecular formula is C18H28F3IN4O2S. The smallest absolute Gasteiger partial charge is 0.357 e. The highest BCUT2D eigenvalue weighted by molar-refractivity contribution is 14.0. The van der Waals surface area contributed by atoms with Gasteiger partial charge in [0.1, 0.15) is 0 Å². The average molecular weight is 548 g/mol. The van der Waals surface area contributed by atoms with Gasteiger partial charge < -0.3 is 10.6 Å². The fourth-order valence-corrected chi connectivity index (χ4v) is 4.37. The van der Waals surface area contributed by atoms with Gasteiger partial charge in [-0.2, -0.15) is 17.5 Å². The van der Waals surface area contributed by atoms with Crippen LogP contribution < -0.4 is 10.6 Å². The van der Waals surface area contributed by atoms with E-state index < -0.39 is 22.6 Å². The summed E-state index contributed by atoms with van der Waals surface area (Å²) in [4.78, 5) is 4.50. The van der Waals surface area contributed by atoms with Crippen LogP contribution >= 0.6 is 24.0 Å². The molecular weight excluding hydrogens is 520 g/mol. The highest BCUT2D eigenvalue weighted by Crippen LogP contribution is 2.21. The Labute approximate surface area is 187 Å². The van der Waals surface area contributed by atoms with E-state index in [4.69, 9.17) is 0 Å². The van der Waals surface area contributed by atoms with Crippen LogP contribution in [0.2, 0.25) is 0 Å². The Bertz CT molecular complexity index is 749. The molecule has 1 aliphatic heterocycles. The summed E-state index contributed by atoms with van der Waals surface area (Å²) in [6.07, 6.45) is -2.37. The second-order valence-electron chi connectivity index (χ2n) is 6.60. The van der Waals surface area contributed by atoms with Crippen molar-refractivity contribution in [2.75, 3.05) is 26.2 Å². The van der Waals surface area contributed by atoms with Crippen molar-refractivity contribution in [3.8, 4) is 0 Å². The van der Waals surface area contributed by atoms with Crippen LogP contribution in [0.4, 0.5) is 13.2 Å². The lowest BCUT2D eigenvalue weighted by Crippen LogP contribution is -2.38. The number of nitrogens with one attached hydrogen (secondary N) is 2. The SMILES string of the molecule is CCNC(=NCc1ccc(S(=O)(=O)N2CCCCC2)cc1)NCCC(F)(F)F.I. The largest absolute Gasteiger partial charge is 0.390 e. The number of halogens is 4. The Morgan fingerprint density at radius 3 is 2.28 bits per heavy atom. The highest BCUT2D eigenvalue weighted by Gasteiger charge is 2.26. The first-order valence-electron chi connectivity index (χ1n) is 9.40. The zero-order valence-corrected chi connectivity index (χ0v) is 19.5. The summed E-state index contributed by atoms with van der Waals surface area (Å²) in [5.74, 6) is 0.289. The van der Waals surface area contributed by atoms with Crippen molar-refractivity contribution < 1.29 is 21.6 Å². The standard InChI is InChI=1S/C18H27F3N4O2S.HI/c1-2-22-17(23-11-10-18(19,20)21)24-14-15-6-8-16(9-7-15)28(26,27)25-12-4-3-5-13-25;/h6-9H,2-5,10-14H2,1H3,(H2,22,23,24);1H. The molecule has 0 bridgehead atoms. The molecule has 0 atom stereocenters. The Morgan fingerprint density at radius 2 is 1.72 bits per heavy atom. The number of hydrogen-bond acceptors (Lipinski definition) is 3. The first kappa shape index (κ1) is 26.0. The molecule has 0 unspecified atom stereocenters. The fourth-order valence-electron chi connectivity index (χ4n) is 2.86. The predicted octanol–water partition coefficient (Wildman–Crippen LogP) is 3.49. The lowest BCUT2D eigenvalue weighted by molar-refractivity contribution is -0.132. The van der Waals surface area contributed by atoms with Crippen LogP contribution in [0.15, 0.2) is 34.2 Å². The van der Waals surface area contributed by atoms with Crippen molar-refractivity contribution in [1.29, 1.82) is 0 Å². The normalized spacial score (nSPS) is 16.2. The van der Waals surface area contributed by atoms with Gasteiger partial charge in [0.25, 0.3) is 0 Å². The van der Waals surface area contributed by atoms with E-state index in [-0.39, 0.29) is 47.9 Å². The summed E-state index contributed by atoms with van der Waals surface area (Å²) in [5, 5.41) is 5.53. The van der Waals surface area contributed by atoms with E-state index >= 15 is 0 Å². The molecule has 29 heavy (non-hydrogen) atoms. The Balaban J connectivity index is 0.00000420. The van der Waals surface area contributed by atoms with Gasteiger partial charge in [0, 0.05) is 26.2 Å². The average Bonchev–Trinajstić information content (AvgIpc) is 2.66. The number of hydrogen-bond donors (Lipinski definition) is 2. The number of alkyl halides is 3. The Kier molecular flexibility index (Phi) is 10.7. The van der Waals surface area contributed by atoms with Gasteiger partial charge in [-0.3, -0.25) is 0 Å². The maximum absolute atomic E-state index is 12.6. The van der Waals surface area contributed by atoms with E-state index in [0.717, 1.165) is 24.8 Å². The Hall–Kier alpha value is -1.08. The van der Waals surface area contributed by atoms with Gasteiger partial charge in [0.2, 0.25) is 10.0 Å². The van der Waals surface area contributed by atoms with Gasteiger partial charge in [-0.15, -0.1) is 24.0 Å². The summed E-state index contributed by atoms with van der Waals surface area (Å²) in [5.41, 5.74) is 0.769. The van der Waals surface area contributed by atoms with Crippen LogP contribution in [0.3, 0.4) is 0 Å². The topological polar surface area (TPSA) is 73.8 Å². The summed E-state index contributed by atoms with van der Waals surface area (Å²) in [6.45, 7) is 3.40. The molecule has 0 spiro atoms. The number of benzene rings is 1. The van der Waals surface area contributed by atoms with E-state index in [0.29, 0.717) is 19.6 Å². The van der Waals surface area contributed by atoms with Gasteiger partial charge in [-0.25, -0.2) is 13.4 Å². The van der Waals surface area contributed by atoms with Crippen molar-refractivity contribution in [2.24, 2.45) is 4.99 Å². The van der Waals surface area contributed by atoms with Gasteiger partial charge in [-0.1, -0.05) is 18.6 Å². The van der Waals surface area contributed by atoms with E-state index in [9.17, 15) is 21.6 Å². The summed E-state index contributed by atoms with van der Waals surface area (Å²) in [7, 11) is -3.48. The van der Waals surface area contributed by atoms with Gasteiger partial charge in [0.05, 0.1) is 17.9 Å². The lowest BCUT2D eigenvalue weighted by atomic mass is 10.2. The van der Waals surface area contributed by atoms with Gasteiger partial charge in [0.15, 0.2) is 5.96 Å². The minimum atomic E-state index is -4.22. The molecule has 0 saturated carbocycles. The van der Waals surface area contributed by atoms with E-state index in [2.05, 4.69) is 15.6 Å². The molecule has 11 heteroatoms. The molecule has 1 aromatic rings. The van der Waals surface area contributed by atoms with Crippen LogP contribution in [-0.4, -0.2) is 51.0 Å². The lowest BCUT2D eigenvalue weighted by Gasteiger charge is -2.25. The predicted molar refractivity (Wildman–Crippen MR) is 118 cm³/mol. The van der Waals surface area contributed by atoms with Crippen LogP contribution in [0, 0.1) is 0 Å². The zero-order valence-electron chi connectivity index (χ0n) is 16.3. The van der Waals surface area contributed by atoms with E-state index in [1.54, 1.807) is 24.3 Å². The first-order chi connectivity index (χ1) is 13.2. The van der Waals surface area contributed by atoms with E-state index in [1.807, 2.05) is 6.92 Å². The summed E-state index contributed by atoms with van der Waals surface area (Å²) < 4.78 is 63.6.